The van der Waals surface area contributed by atoms with Crippen LogP contribution in [0.1, 0.15) is 5.69 Å². The molecule has 0 saturated carbocycles. The SMILES string of the molecule is Cc1cccc(Nc2nc(-c3ccc(-c4ccc(OCN)nc4)cc3)cs2)n1. The molecule has 6 nitrogen and oxygen atoms in total. The largest absolute Gasteiger partial charge is 0.462 e. The third-order valence-electron chi connectivity index (χ3n) is 4.11. The standard InChI is InChI=1S/C21H19N5OS/c1-14-3-2-4-19(24-14)26-21-25-18(12-28-21)16-7-5-15(6-8-16)17-9-10-20(23-11-17)27-13-22/h2-12H,13,22H2,1H3,(H,24,25,26). The number of nitrogens with one attached hydrogen (secondary N) is 1. The maximum absolute atomic E-state index is 5.36. The van der Waals surface area contributed by atoms with E-state index in [1.54, 1.807) is 17.5 Å². The van der Waals surface area contributed by atoms with Gasteiger partial charge in [-0.1, -0.05) is 30.3 Å². The summed E-state index contributed by atoms with van der Waals surface area (Å²) in [6, 6.07) is 17.9. The van der Waals surface area contributed by atoms with Crippen LogP contribution in [0.3, 0.4) is 0 Å². The van der Waals surface area contributed by atoms with Gasteiger partial charge in [-0.2, -0.15) is 0 Å². The third kappa shape index (κ3) is 4.16. The van der Waals surface area contributed by atoms with Gasteiger partial charge in [0.15, 0.2) is 5.13 Å². The monoisotopic (exact) mass is 389 g/mol. The van der Waals surface area contributed by atoms with Crippen LogP contribution in [0.25, 0.3) is 22.4 Å². The lowest BCUT2D eigenvalue weighted by Gasteiger charge is -2.05. The maximum Gasteiger partial charge on any atom is 0.214 e. The molecule has 140 valence electrons. The summed E-state index contributed by atoms with van der Waals surface area (Å²) in [6.45, 7) is 2.08. The van der Waals surface area contributed by atoms with Crippen molar-refractivity contribution < 1.29 is 4.74 Å². The minimum atomic E-state index is 0.117. The lowest BCUT2D eigenvalue weighted by Crippen LogP contribution is -2.08. The van der Waals surface area contributed by atoms with E-state index in [2.05, 4.69) is 44.5 Å². The Hall–Kier alpha value is -3.29. The van der Waals surface area contributed by atoms with Crippen molar-refractivity contribution in [2.45, 2.75) is 6.92 Å². The molecule has 0 atom stereocenters. The molecule has 3 aromatic heterocycles. The second-order valence-electron chi connectivity index (χ2n) is 6.10. The molecule has 0 radical (unpaired) electrons. The number of ether oxygens (including phenoxy) is 1. The first-order valence-electron chi connectivity index (χ1n) is 8.77. The highest BCUT2D eigenvalue weighted by Crippen LogP contribution is 2.29. The number of aromatic nitrogens is 3. The Morgan fingerprint density at radius 1 is 0.964 bits per heavy atom. The molecular formula is C21H19N5OS. The molecule has 3 N–H and O–H groups in total. The topological polar surface area (TPSA) is 86.0 Å². The summed E-state index contributed by atoms with van der Waals surface area (Å²) in [6.07, 6.45) is 1.78. The van der Waals surface area contributed by atoms with Gasteiger partial charge >= 0.3 is 0 Å². The quantitative estimate of drug-likeness (QED) is 0.468. The van der Waals surface area contributed by atoms with Crippen LogP contribution >= 0.6 is 11.3 Å². The van der Waals surface area contributed by atoms with E-state index >= 15 is 0 Å². The summed E-state index contributed by atoms with van der Waals surface area (Å²) < 4.78 is 5.17. The number of nitrogens with zero attached hydrogens (tertiary/aromatic N) is 3. The lowest BCUT2D eigenvalue weighted by atomic mass is 10.0. The number of hydrogen-bond acceptors (Lipinski definition) is 7. The molecule has 4 aromatic rings. The van der Waals surface area contributed by atoms with Crippen LogP contribution in [0.4, 0.5) is 10.9 Å². The zero-order valence-electron chi connectivity index (χ0n) is 15.3. The van der Waals surface area contributed by atoms with Gasteiger partial charge in [0.2, 0.25) is 5.88 Å². The van der Waals surface area contributed by atoms with Gasteiger partial charge in [0.1, 0.15) is 12.5 Å². The molecule has 0 amide bonds. The van der Waals surface area contributed by atoms with Crippen molar-refractivity contribution in [3.63, 3.8) is 0 Å². The van der Waals surface area contributed by atoms with Gasteiger partial charge < -0.3 is 10.1 Å². The number of rotatable bonds is 6. The van der Waals surface area contributed by atoms with Crippen molar-refractivity contribution in [2.75, 3.05) is 12.0 Å². The van der Waals surface area contributed by atoms with Crippen LogP contribution in [0.15, 0.2) is 66.2 Å². The van der Waals surface area contributed by atoms with E-state index in [1.165, 1.54) is 0 Å². The van der Waals surface area contributed by atoms with Crippen LogP contribution in [0.2, 0.25) is 0 Å². The smallest absolute Gasteiger partial charge is 0.214 e. The molecule has 0 aliphatic carbocycles. The van der Waals surface area contributed by atoms with Crippen LogP contribution in [-0.2, 0) is 0 Å². The number of hydrogen-bond donors (Lipinski definition) is 2. The minimum absolute atomic E-state index is 0.117. The van der Waals surface area contributed by atoms with Crippen LogP contribution in [-0.4, -0.2) is 21.7 Å². The fourth-order valence-corrected chi connectivity index (χ4v) is 3.47. The Bertz CT molecular complexity index is 1060. The molecule has 4 rings (SSSR count). The number of pyridine rings is 2. The molecule has 1 aromatic carbocycles. The van der Waals surface area contributed by atoms with Crippen LogP contribution < -0.4 is 15.8 Å². The van der Waals surface area contributed by atoms with E-state index < -0.39 is 0 Å². The fourth-order valence-electron chi connectivity index (χ4n) is 2.74. The lowest BCUT2D eigenvalue weighted by molar-refractivity contribution is 0.317. The summed E-state index contributed by atoms with van der Waals surface area (Å²) in [5, 5.41) is 6.11. The Morgan fingerprint density at radius 2 is 1.75 bits per heavy atom. The summed E-state index contributed by atoms with van der Waals surface area (Å²) in [4.78, 5) is 13.4. The highest BCUT2D eigenvalue weighted by Gasteiger charge is 2.07. The van der Waals surface area contributed by atoms with Gasteiger partial charge in [-0.3, -0.25) is 5.73 Å². The predicted molar refractivity (Wildman–Crippen MR) is 113 cm³/mol. The van der Waals surface area contributed by atoms with Crippen LogP contribution in [0, 0.1) is 6.92 Å². The average Bonchev–Trinajstić information content (AvgIpc) is 3.17. The van der Waals surface area contributed by atoms with Crippen molar-refractivity contribution in [2.24, 2.45) is 5.73 Å². The van der Waals surface area contributed by atoms with Gasteiger partial charge in [0, 0.05) is 34.5 Å². The highest BCUT2D eigenvalue weighted by molar-refractivity contribution is 7.14. The maximum atomic E-state index is 5.36. The minimum Gasteiger partial charge on any atom is -0.462 e. The Kier molecular flexibility index (Phi) is 5.27. The highest BCUT2D eigenvalue weighted by atomic mass is 32.1. The van der Waals surface area contributed by atoms with Gasteiger partial charge in [0.25, 0.3) is 0 Å². The van der Waals surface area contributed by atoms with E-state index in [0.717, 1.165) is 39.0 Å². The molecule has 0 fully saturated rings. The number of anilines is 2. The van der Waals surface area contributed by atoms with Crippen molar-refractivity contribution >= 4 is 22.3 Å². The Balaban J connectivity index is 1.49. The molecule has 0 aliphatic rings. The normalized spacial score (nSPS) is 10.6. The zero-order chi connectivity index (χ0) is 19.3. The van der Waals surface area contributed by atoms with Crippen molar-refractivity contribution in [3.8, 4) is 28.3 Å². The zero-order valence-corrected chi connectivity index (χ0v) is 16.1. The Morgan fingerprint density at radius 3 is 2.46 bits per heavy atom. The van der Waals surface area contributed by atoms with E-state index in [0.29, 0.717) is 5.88 Å². The second kappa shape index (κ2) is 8.16. The van der Waals surface area contributed by atoms with E-state index in [4.69, 9.17) is 10.5 Å². The van der Waals surface area contributed by atoms with Gasteiger partial charge in [-0.05, 0) is 30.7 Å². The first-order valence-corrected chi connectivity index (χ1v) is 9.65. The summed E-state index contributed by atoms with van der Waals surface area (Å²) in [5.41, 5.74) is 10.4. The number of nitrogens with two attached hydrogens (primary N) is 1. The third-order valence-corrected chi connectivity index (χ3v) is 4.87. The first kappa shape index (κ1) is 18.1. The molecule has 0 unspecified atom stereocenters. The molecule has 28 heavy (non-hydrogen) atoms. The first-order chi connectivity index (χ1) is 13.7. The van der Waals surface area contributed by atoms with Crippen molar-refractivity contribution in [1.82, 2.24) is 15.0 Å². The molecule has 0 spiro atoms. The summed E-state index contributed by atoms with van der Waals surface area (Å²) in [7, 11) is 0. The Labute approximate surface area is 167 Å². The summed E-state index contributed by atoms with van der Waals surface area (Å²) >= 11 is 1.56. The number of thiazole rings is 1. The second-order valence-corrected chi connectivity index (χ2v) is 6.96. The van der Waals surface area contributed by atoms with Crippen molar-refractivity contribution in [3.05, 3.63) is 71.9 Å². The van der Waals surface area contributed by atoms with Gasteiger partial charge in [-0.25, -0.2) is 15.0 Å². The molecule has 0 bridgehead atoms. The molecule has 3 heterocycles. The van der Waals surface area contributed by atoms with E-state index in [1.807, 2.05) is 42.6 Å². The number of benzene rings is 1. The van der Waals surface area contributed by atoms with Crippen LogP contribution in [0.5, 0.6) is 5.88 Å². The van der Waals surface area contributed by atoms with E-state index in [9.17, 15) is 0 Å². The van der Waals surface area contributed by atoms with E-state index in [-0.39, 0.29) is 6.73 Å². The summed E-state index contributed by atoms with van der Waals surface area (Å²) in [5.74, 6) is 1.32. The molecular weight excluding hydrogens is 370 g/mol. The number of aryl methyl sites for hydroxylation is 1. The van der Waals surface area contributed by atoms with Gasteiger partial charge in [-0.15, -0.1) is 11.3 Å². The fraction of sp³-hybridized carbons (Fsp3) is 0.0952. The molecule has 0 aliphatic heterocycles. The molecule has 7 heteroatoms. The molecule has 0 saturated heterocycles. The average molecular weight is 389 g/mol. The predicted octanol–water partition coefficient (Wildman–Crippen LogP) is 4.61. The van der Waals surface area contributed by atoms with Gasteiger partial charge in [0.05, 0.1) is 5.69 Å². The van der Waals surface area contributed by atoms with Crippen molar-refractivity contribution in [1.29, 1.82) is 0 Å².